The summed E-state index contributed by atoms with van der Waals surface area (Å²) in [5, 5.41) is 0. The van der Waals surface area contributed by atoms with Crippen molar-refractivity contribution < 1.29 is 9.18 Å². The van der Waals surface area contributed by atoms with Gasteiger partial charge in [0.05, 0.1) is 6.54 Å². The first kappa shape index (κ1) is 13.5. The highest BCUT2D eigenvalue weighted by Crippen LogP contribution is 2.28. The molecule has 0 radical (unpaired) electrons. The second-order valence-corrected chi connectivity index (χ2v) is 6.12. The van der Waals surface area contributed by atoms with Gasteiger partial charge >= 0.3 is 0 Å². The molecule has 0 saturated heterocycles. The number of anilines is 1. The van der Waals surface area contributed by atoms with E-state index in [1.165, 1.54) is 12.1 Å². The largest absolute Gasteiger partial charge is 0.363 e. The van der Waals surface area contributed by atoms with Crippen LogP contribution in [0.5, 0.6) is 0 Å². The van der Waals surface area contributed by atoms with E-state index < -0.39 is 0 Å². The number of hydrogen-bond donors (Lipinski definition) is 0. The molecule has 1 heterocycles. The molecule has 0 bridgehead atoms. The predicted octanol–water partition coefficient (Wildman–Crippen LogP) is 3.68. The zero-order chi connectivity index (χ0) is 14.1. The number of ketones is 1. The lowest BCUT2D eigenvalue weighted by Crippen LogP contribution is -2.28. The molecular weight excluding hydrogens is 368 g/mol. The molecule has 1 aliphatic heterocycles. The van der Waals surface area contributed by atoms with E-state index in [0.717, 1.165) is 27.8 Å². The SMILES string of the molecule is O=C(CN1CCc2ccc(F)cc21)c1ccc(I)cc1. The minimum absolute atomic E-state index is 0.0681. The van der Waals surface area contributed by atoms with E-state index in [4.69, 9.17) is 0 Å². The van der Waals surface area contributed by atoms with Gasteiger partial charge in [-0.1, -0.05) is 18.2 Å². The van der Waals surface area contributed by atoms with Gasteiger partial charge in [-0.15, -0.1) is 0 Å². The molecule has 2 nitrogen and oxygen atoms in total. The summed E-state index contributed by atoms with van der Waals surface area (Å²) in [6.07, 6.45) is 0.871. The predicted molar refractivity (Wildman–Crippen MR) is 85.8 cm³/mol. The number of benzene rings is 2. The van der Waals surface area contributed by atoms with Crippen LogP contribution >= 0.6 is 22.6 Å². The maximum atomic E-state index is 13.3. The Kier molecular flexibility index (Phi) is 3.74. The highest BCUT2D eigenvalue weighted by molar-refractivity contribution is 14.1. The molecule has 4 heteroatoms. The van der Waals surface area contributed by atoms with Gasteiger partial charge in [-0.3, -0.25) is 4.79 Å². The van der Waals surface area contributed by atoms with Gasteiger partial charge in [0.15, 0.2) is 5.78 Å². The van der Waals surface area contributed by atoms with Gasteiger partial charge in [0.2, 0.25) is 0 Å². The molecule has 2 aromatic carbocycles. The topological polar surface area (TPSA) is 20.3 Å². The number of nitrogens with zero attached hydrogens (tertiary/aromatic N) is 1. The van der Waals surface area contributed by atoms with Crippen LogP contribution in [0, 0.1) is 9.39 Å². The molecule has 0 fully saturated rings. The Balaban J connectivity index is 1.78. The summed E-state index contributed by atoms with van der Waals surface area (Å²) in [6.45, 7) is 1.08. The zero-order valence-corrected chi connectivity index (χ0v) is 12.9. The fraction of sp³-hybridized carbons (Fsp3) is 0.188. The van der Waals surface area contributed by atoms with E-state index in [1.54, 1.807) is 6.07 Å². The smallest absolute Gasteiger partial charge is 0.182 e. The molecule has 2 aromatic rings. The Bertz CT molecular complexity index is 654. The number of fused-ring (bicyclic) bond motifs is 1. The summed E-state index contributed by atoms with van der Waals surface area (Å²) in [6, 6.07) is 12.3. The molecule has 0 saturated carbocycles. The molecular formula is C16H13FINO. The summed E-state index contributed by atoms with van der Waals surface area (Å²) >= 11 is 2.21. The second kappa shape index (κ2) is 5.52. The van der Waals surface area contributed by atoms with Crippen LogP contribution in [0.3, 0.4) is 0 Å². The van der Waals surface area contributed by atoms with E-state index in [0.29, 0.717) is 12.1 Å². The summed E-state index contributed by atoms with van der Waals surface area (Å²) < 4.78 is 14.4. The van der Waals surface area contributed by atoms with Gasteiger partial charge in [-0.05, 0) is 58.8 Å². The minimum atomic E-state index is -0.252. The maximum absolute atomic E-state index is 13.3. The fourth-order valence-corrected chi connectivity index (χ4v) is 2.84. The standard InChI is InChI=1S/C16H13FINO/c17-13-4-1-11-7-8-19(15(11)9-13)10-16(20)12-2-5-14(18)6-3-12/h1-6,9H,7-8,10H2. The summed E-state index contributed by atoms with van der Waals surface area (Å²) in [4.78, 5) is 14.2. The average Bonchev–Trinajstić information content (AvgIpc) is 2.82. The average molecular weight is 381 g/mol. The number of halogens is 2. The van der Waals surface area contributed by atoms with Crippen molar-refractivity contribution in [1.29, 1.82) is 0 Å². The first-order valence-corrected chi connectivity index (χ1v) is 7.53. The van der Waals surface area contributed by atoms with Crippen molar-refractivity contribution >= 4 is 34.1 Å². The van der Waals surface area contributed by atoms with Crippen LogP contribution in [0.1, 0.15) is 15.9 Å². The van der Waals surface area contributed by atoms with E-state index in [2.05, 4.69) is 22.6 Å². The molecule has 0 amide bonds. The molecule has 0 atom stereocenters. The summed E-state index contributed by atoms with van der Waals surface area (Å²) in [7, 11) is 0. The van der Waals surface area contributed by atoms with Crippen LogP contribution < -0.4 is 4.90 Å². The lowest BCUT2D eigenvalue weighted by Gasteiger charge is -2.18. The number of rotatable bonds is 3. The first-order valence-electron chi connectivity index (χ1n) is 6.45. The third-order valence-electron chi connectivity index (χ3n) is 3.54. The monoisotopic (exact) mass is 381 g/mol. The van der Waals surface area contributed by atoms with Gasteiger partial charge in [-0.2, -0.15) is 0 Å². The molecule has 3 rings (SSSR count). The molecule has 1 aliphatic rings. The zero-order valence-electron chi connectivity index (χ0n) is 10.8. The van der Waals surface area contributed by atoms with Gasteiger partial charge in [0.1, 0.15) is 5.82 Å². The van der Waals surface area contributed by atoms with E-state index >= 15 is 0 Å². The van der Waals surface area contributed by atoms with Crippen molar-refractivity contribution in [3.63, 3.8) is 0 Å². The Morgan fingerprint density at radius 3 is 2.70 bits per heavy atom. The van der Waals surface area contributed by atoms with Crippen molar-refractivity contribution in [2.75, 3.05) is 18.0 Å². The Hall–Kier alpha value is -1.43. The van der Waals surface area contributed by atoms with Crippen LogP contribution in [0.4, 0.5) is 10.1 Å². The summed E-state index contributed by atoms with van der Waals surface area (Å²) in [5.74, 6) is -0.184. The highest BCUT2D eigenvalue weighted by Gasteiger charge is 2.22. The molecule has 0 aliphatic carbocycles. The van der Waals surface area contributed by atoms with E-state index in [9.17, 15) is 9.18 Å². The third-order valence-corrected chi connectivity index (χ3v) is 4.26. The highest BCUT2D eigenvalue weighted by atomic mass is 127. The lowest BCUT2D eigenvalue weighted by molar-refractivity contribution is 0.0999. The quantitative estimate of drug-likeness (QED) is 0.597. The Morgan fingerprint density at radius 1 is 1.20 bits per heavy atom. The normalized spacial score (nSPS) is 13.4. The van der Waals surface area contributed by atoms with Gasteiger partial charge in [-0.25, -0.2) is 4.39 Å². The van der Waals surface area contributed by atoms with Crippen LogP contribution in [-0.4, -0.2) is 18.9 Å². The van der Waals surface area contributed by atoms with Crippen LogP contribution in [0.2, 0.25) is 0 Å². The van der Waals surface area contributed by atoms with Crippen LogP contribution in [-0.2, 0) is 6.42 Å². The molecule has 0 aromatic heterocycles. The number of Topliss-reactive ketones (excluding diaryl/α,β-unsaturated/α-hetero) is 1. The van der Waals surface area contributed by atoms with Crippen molar-refractivity contribution in [3.05, 3.63) is 63.0 Å². The lowest BCUT2D eigenvalue weighted by atomic mass is 10.1. The molecule has 102 valence electrons. The second-order valence-electron chi connectivity index (χ2n) is 4.87. The van der Waals surface area contributed by atoms with Gasteiger partial charge < -0.3 is 4.90 Å². The van der Waals surface area contributed by atoms with Crippen LogP contribution in [0.15, 0.2) is 42.5 Å². The third kappa shape index (κ3) is 2.70. The molecule has 20 heavy (non-hydrogen) atoms. The van der Waals surface area contributed by atoms with E-state index in [-0.39, 0.29) is 11.6 Å². The number of hydrogen-bond acceptors (Lipinski definition) is 2. The molecule has 0 N–H and O–H groups in total. The Labute approximate surface area is 130 Å². The maximum Gasteiger partial charge on any atom is 0.182 e. The fourth-order valence-electron chi connectivity index (χ4n) is 2.48. The van der Waals surface area contributed by atoms with Crippen molar-refractivity contribution in [3.8, 4) is 0 Å². The van der Waals surface area contributed by atoms with Gasteiger partial charge in [0, 0.05) is 21.4 Å². The van der Waals surface area contributed by atoms with Crippen molar-refractivity contribution in [2.45, 2.75) is 6.42 Å². The van der Waals surface area contributed by atoms with Crippen molar-refractivity contribution in [1.82, 2.24) is 0 Å². The Morgan fingerprint density at radius 2 is 1.95 bits per heavy atom. The number of carbonyl (C=O) groups excluding carboxylic acids is 1. The van der Waals surface area contributed by atoms with E-state index in [1.807, 2.05) is 29.2 Å². The molecule has 0 spiro atoms. The molecule has 0 unspecified atom stereocenters. The van der Waals surface area contributed by atoms with Crippen molar-refractivity contribution in [2.24, 2.45) is 0 Å². The first-order chi connectivity index (χ1) is 9.63. The minimum Gasteiger partial charge on any atom is -0.363 e. The van der Waals surface area contributed by atoms with Gasteiger partial charge in [0.25, 0.3) is 0 Å². The van der Waals surface area contributed by atoms with Crippen LogP contribution in [0.25, 0.3) is 0 Å². The number of carbonyl (C=O) groups is 1. The summed E-state index contributed by atoms with van der Waals surface area (Å²) in [5.41, 5.74) is 2.67.